The molecule has 3 rings (SSSR count). The Morgan fingerprint density at radius 3 is 2.95 bits per heavy atom. The van der Waals surface area contributed by atoms with E-state index in [1.54, 1.807) is 24.3 Å². The molecule has 0 aliphatic rings. The molecule has 0 bridgehead atoms. The molecule has 0 fully saturated rings. The maximum absolute atomic E-state index is 12.2. The van der Waals surface area contributed by atoms with Crippen LogP contribution in [-0.4, -0.2) is 19.6 Å². The molecule has 20 heavy (non-hydrogen) atoms. The molecule has 3 N–H and O–H groups in total. The van der Waals surface area contributed by atoms with E-state index in [1.807, 2.05) is 0 Å². The Bertz CT molecular complexity index is 803. The van der Waals surface area contributed by atoms with Gasteiger partial charge in [-0.25, -0.2) is 4.98 Å². The molecular weight excluding hydrogens is 298 g/mol. The maximum atomic E-state index is 12.2. The third-order valence-corrected chi connectivity index (χ3v) is 3.53. The first-order chi connectivity index (χ1) is 9.66. The van der Waals surface area contributed by atoms with E-state index < -0.39 is 5.91 Å². The smallest absolute Gasteiger partial charge is 0.276 e. The molecule has 6 nitrogen and oxygen atoms in total. The second-order valence-electron chi connectivity index (χ2n) is 3.95. The van der Waals surface area contributed by atoms with Crippen LogP contribution >= 0.6 is 23.3 Å². The number of nitrogens with two attached hydrogens (primary N) is 1. The summed E-state index contributed by atoms with van der Waals surface area (Å²) >= 11 is 7.15. The Hall–Kier alpha value is -2.25. The molecule has 3 aromatic rings. The van der Waals surface area contributed by atoms with Gasteiger partial charge in [-0.15, -0.1) is 0 Å². The number of pyridine rings is 1. The summed E-state index contributed by atoms with van der Waals surface area (Å²) in [4.78, 5) is 16.2. The molecule has 2 aromatic heterocycles. The van der Waals surface area contributed by atoms with Crippen molar-refractivity contribution in [2.75, 3.05) is 11.1 Å². The molecule has 8 heteroatoms. The minimum atomic E-state index is -0.439. The third kappa shape index (κ3) is 2.17. The molecule has 1 amide bonds. The van der Waals surface area contributed by atoms with Crippen LogP contribution in [0, 0.1) is 0 Å². The van der Waals surface area contributed by atoms with Crippen LogP contribution < -0.4 is 11.1 Å². The number of nitrogen functional groups attached to an aromatic ring is 1. The lowest BCUT2D eigenvalue weighted by atomic mass is 10.2. The van der Waals surface area contributed by atoms with Crippen LogP contribution in [0.25, 0.3) is 11.0 Å². The van der Waals surface area contributed by atoms with E-state index >= 15 is 0 Å². The first-order valence-electron chi connectivity index (χ1n) is 5.59. The van der Waals surface area contributed by atoms with Crippen LogP contribution in [0.1, 0.15) is 10.5 Å². The zero-order chi connectivity index (χ0) is 14.1. The number of amides is 1. The number of nitrogens with one attached hydrogen (secondary N) is 1. The van der Waals surface area contributed by atoms with Crippen LogP contribution in [0.2, 0.25) is 5.02 Å². The summed E-state index contributed by atoms with van der Waals surface area (Å²) in [5.41, 5.74) is 7.79. The lowest BCUT2D eigenvalue weighted by Crippen LogP contribution is -2.16. The fourth-order valence-corrected chi connectivity index (χ4v) is 2.47. The van der Waals surface area contributed by atoms with Gasteiger partial charge in [0.2, 0.25) is 0 Å². The average molecular weight is 306 g/mol. The molecule has 0 aliphatic carbocycles. The summed E-state index contributed by atoms with van der Waals surface area (Å²) < 4.78 is 8.23. The van der Waals surface area contributed by atoms with E-state index in [1.165, 1.54) is 6.20 Å². The molecule has 0 aliphatic heterocycles. The fourth-order valence-electron chi connectivity index (χ4n) is 1.73. The van der Waals surface area contributed by atoms with E-state index in [-0.39, 0.29) is 5.69 Å². The molecular formula is C12H8ClN5OS. The monoisotopic (exact) mass is 305 g/mol. The predicted molar refractivity (Wildman–Crippen MR) is 79.0 cm³/mol. The molecule has 1 aromatic carbocycles. The minimum Gasteiger partial charge on any atom is -0.397 e. The van der Waals surface area contributed by atoms with Gasteiger partial charge >= 0.3 is 0 Å². The van der Waals surface area contributed by atoms with Crippen LogP contribution in [-0.2, 0) is 0 Å². The van der Waals surface area contributed by atoms with E-state index in [0.717, 1.165) is 11.7 Å². The molecule has 0 radical (unpaired) electrons. The Kier molecular flexibility index (Phi) is 3.21. The summed E-state index contributed by atoms with van der Waals surface area (Å²) in [7, 11) is 0. The van der Waals surface area contributed by atoms with Gasteiger partial charge in [0.05, 0.1) is 28.1 Å². The van der Waals surface area contributed by atoms with Crippen molar-refractivity contribution >= 4 is 51.6 Å². The number of hydrogen-bond donors (Lipinski definition) is 2. The van der Waals surface area contributed by atoms with Gasteiger partial charge in [0, 0.05) is 6.20 Å². The number of rotatable bonds is 2. The van der Waals surface area contributed by atoms with Crippen LogP contribution in [0.15, 0.2) is 30.5 Å². The largest absolute Gasteiger partial charge is 0.397 e. The number of hydrogen-bond acceptors (Lipinski definition) is 6. The molecule has 0 unspecified atom stereocenters. The van der Waals surface area contributed by atoms with Gasteiger partial charge in [-0.2, -0.15) is 8.75 Å². The number of aromatic nitrogens is 3. The Balaban J connectivity index is 2.01. The Morgan fingerprint density at radius 1 is 1.30 bits per heavy atom. The van der Waals surface area contributed by atoms with Gasteiger partial charge in [-0.3, -0.25) is 4.79 Å². The lowest BCUT2D eigenvalue weighted by molar-refractivity contribution is 0.102. The zero-order valence-electron chi connectivity index (χ0n) is 10.0. The van der Waals surface area contributed by atoms with Crippen LogP contribution in [0.5, 0.6) is 0 Å². The first-order valence-corrected chi connectivity index (χ1v) is 6.70. The molecule has 0 atom stereocenters. The number of carbonyl (C=O) groups is 1. The van der Waals surface area contributed by atoms with Gasteiger partial charge in [-0.1, -0.05) is 11.6 Å². The molecule has 0 spiro atoms. The van der Waals surface area contributed by atoms with Gasteiger partial charge in [0.15, 0.2) is 5.69 Å². The number of carbonyl (C=O) groups excluding carboxylic acids is 1. The second kappa shape index (κ2) is 5.03. The van der Waals surface area contributed by atoms with Crippen molar-refractivity contribution in [1.29, 1.82) is 0 Å². The molecule has 2 heterocycles. The van der Waals surface area contributed by atoms with Crippen molar-refractivity contribution in [2.45, 2.75) is 0 Å². The quantitative estimate of drug-likeness (QED) is 0.759. The summed E-state index contributed by atoms with van der Waals surface area (Å²) in [5, 5.41) is 3.07. The predicted octanol–water partition coefficient (Wildman–Crippen LogP) is 2.57. The molecule has 100 valence electrons. The second-order valence-corrected chi connectivity index (χ2v) is 4.89. The van der Waals surface area contributed by atoms with E-state index in [4.69, 9.17) is 17.3 Å². The van der Waals surface area contributed by atoms with Crippen LogP contribution in [0.4, 0.5) is 11.4 Å². The normalized spacial score (nSPS) is 10.7. The van der Waals surface area contributed by atoms with Crippen molar-refractivity contribution in [3.05, 3.63) is 41.2 Å². The van der Waals surface area contributed by atoms with E-state index in [2.05, 4.69) is 19.0 Å². The highest BCUT2D eigenvalue weighted by atomic mass is 35.5. The van der Waals surface area contributed by atoms with Crippen molar-refractivity contribution < 1.29 is 4.79 Å². The number of halogens is 1. The highest BCUT2D eigenvalue weighted by Crippen LogP contribution is 2.30. The molecule has 0 saturated carbocycles. The van der Waals surface area contributed by atoms with Gasteiger partial charge in [-0.05, 0) is 24.3 Å². The van der Waals surface area contributed by atoms with Gasteiger partial charge < -0.3 is 11.1 Å². The van der Waals surface area contributed by atoms with Crippen molar-refractivity contribution in [2.24, 2.45) is 0 Å². The summed E-state index contributed by atoms with van der Waals surface area (Å²) in [6, 6.07) is 6.66. The summed E-state index contributed by atoms with van der Waals surface area (Å²) in [6.45, 7) is 0. The zero-order valence-corrected chi connectivity index (χ0v) is 11.6. The Labute approximate surface area is 122 Å². The number of nitrogens with zero attached hydrogens (tertiary/aromatic N) is 3. The van der Waals surface area contributed by atoms with Crippen LogP contribution in [0.3, 0.4) is 0 Å². The average Bonchev–Trinajstić information content (AvgIpc) is 2.91. The number of benzene rings is 1. The van der Waals surface area contributed by atoms with Crippen molar-refractivity contribution in [3.8, 4) is 0 Å². The van der Waals surface area contributed by atoms with E-state index in [9.17, 15) is 4.79 Å². The van der Waals surface area contributed by atoms with Gasteiger partial charge in [0.25, 0.3) is 5.91 Å². The standard InChI is InChI=1S/C12H8ClN5OS/c13-6-3-4-8-11(18-20-17-8)9(6)16-12(19)10-7(14)2-1-5-15-10/h1-5H,14H2,(H,16,19). The molecule has 0 saturated heterocycles. The van der Waals surface area contributed by atoms with Crippen molar-refractivity contribution in [1.82, 2.24) is 13.7 Å². The summed E-state index contributed by atoms with van der Waals surface area (Å²) in [6.07, 6.45) is 1.50. The minimum absolute atomic E-state index is 0.142. The first kappa shape index (κ1) is 12.8. The van der Waals surface area contributed by atoms with Gasteiger partial charge in [0.1, 0.15) is 11.0 Å². The number of anilines is 2. The highest BCUT2D eigenvalue weighted by Gasteiger charge is 2.16. The summed E-state index contributed by atoms with van der Waals surface area (Å²) in [5.74, 6) is -0.439. The van der Waals surface area contributed by atoms with E-state index in [0.29, 0.717) is 27.4 Å². The number of fused-ring (bicyclic) bond motifs is 1. The van der Waals surface area contributed by atoms with Crippen molar-refractivity contribution in [3.63, 3.8) is 0 Å². The maximum Gasteiger partial charge on any atom is 0.276 e. The third-order valence-electron chi connectivity index (χ3n) is 2.67. The topological polar surface area (TPSA) is 93.8 Å². The fraction of sp³-hybridized carbons (Fsp3) is 0. The lowest BCUT2D eigenvalue weighted by Gasteiger charge is -2.08. The highest BCUT2D eigenvalue weighted by molar-refractivity contribution is 7.00. The SMILES string of the molecule is Nc1cccnc1C(=O)Nc1c(Cl)ccc2nsnc12. The Morgan fingerprint density at radius 2 is 2.15 bits per heavy atom.